The van der Waals surface area contributed by atoms with E-state index in [1.54, 1.807) is 0 Å². The van der Waals surface area contributed by atoms with Crippen LogP contribution >= 0.6 is 0 Å². The topological polar surface area (TPSA) is 149 Å². The molecule has 208 valence electrons. The number of amides is 1. The highest BCUT2D eigenvalue weighted by molar-refractivity contribution is 5.76. The van der Waals surface area contributed by atoms with Gasteiger partial charge in [0.15, 0.2) is 6.29 Å². The first kappa shape index (κ1) is 32.2. The summed E-state index contributed by atoms with van der Waals surface area (Å²) in [6.45, 7) is 3.63. The van der Waals surface area contributed by atoms with Crippen molar-refractivity contribution in [2.75, 3.05) is 13.2 Å². The third-order valence-corrected chi connectivity index (χ3v) is 6.71. The van der Waals surface area contributed by atoms with E-state index >= 15 is 0 Å². The van der Waals surface area contributed by atoms with Crippen LogP contribution in [0.1, 0.15) is 104 Å². The van der Waals surface area contributed by atoms with Crippen molar-refractivity contribution in [2.24, 2.45) is 0 Å². The number of carbonyl (C=O) groups is 1. The molecule has 1 heterocycles. The number of aliphatic hydroxyl groups excluding tert-OH is 5. The normalized spacial score (nSPS) is 26.4. The fourth-order valence-electron chi connectivity index (χ4n) is 4.33. The molecule has 1 rings (SSSR count). The average molecular weight is 506 g/mol. The summed E-state index contributed by atoms with van der Waals surface area (Å²) in [4.78, 5) is 12.5. The van der Waals surface area contributed by atoms with Crippen molar-refractivity contribution in [3.05, 3.63) is 0 Å². The second-order valence-electron chi connectivity index (χ2n) is 9.85. The minimum absolute atomic E-state index is 0.137. The largest absolute Gasteiger partial charge is 0.394 e. The molecule has 1 aliphatic rings. The molecule has 9 nitrogen and oxygen atoms in total. The van der Waals surface area contributed by atoms with Crippen LogP contribution in [0.15, 0.2) is 0 Å². The van der Waals surface area contributed by atoms with Crippen molar-refractivity contribution in [3.63, 3.8) is 0 Å². The molecule has 0 saturated carbocycles. The van der Waals surface area contributed by atoms with Crippen LogP contribution in [-0.4, -0.2) is 87.5 Å². The zero-order valence-corrected chi connectivity index (χ0v) is 21.8. The molecule has 7 unspecified atom stereocenters. The van der Waals surface area contributed by atoms with Gasteiger partial charge in [0.05, 0.1) is 25.4 Å². The molecular formula is C26H51NO8. The molecule has 0 spiro atoms. The number of nitrogens with one attached hydrogen (secondary N) is 1. The van der Waals surface area contributed by atoms with Gasteiger partial charge in [-0.25, -0.2) is 0 Å². The number of hydrogen-bond donors (Lipinski definition) is 6. The van der Waals surface area contributed by atoms with E-state index in [0.717, 1.165) is 51.4 Å². The summed E-state index contributed by atoms with van der Waals surface area (Å²) in [6.07, 6.45) is 6.05. The monoisotopic (exact) mass is 505 g/mol. The first-order valence-electron chi connectivity index (χ1n) is 13.7. The molecular weight excluding hydrogens is 454 g/mol. The quantitative estimate of drug-likeness (QED) is 0.138. The molecule has 1 amide bonds. The maximum absolute atomic E-state index is 12.5. The number of rotatable bonds is 20. The highest BCUT2D eigenvalue weighted by Gasteiger charge is 2.44. The molecule has 0 aromatic heterocycles. The number of unbranched alkanes of at least 4 members (excludes halogenated alkanes) is 10. The Morgan fingerprint density at radius 1 is 0.857 bits per heavy atom. The zero-order valence-electron chi connectivity index (χ0n) is 21.8. The van der Waals surface area contributed by atoms with Crippen molar-refractivity contribution in [1.29, 1.82) is 0 Å². The van der Waals surface area contributed by atoms with Gasteiger partial charge in [-0.05, 0) is 12.8 Å². The predicted octanol–water partition coefficient (Wildman–Crippen LogP) is 2.15. The van der Waals surface area contributed by atoms with Crippen molar-refractivity contribution in [2.45, 2.75) is 147 Å². The Bertz CT molecular complexity index is 535. The fraction of sp³-hybridized carbons (Fsp3) is 0.962. The van der Waals surface area contributed by atoms with Gasteiger partial charge < -0.3 is 40.3 Å². The summed E-state index contributed by atoms with van der Waals surface area (Å²) < 4.78 is 11.0. The van der Waals surface area contributed by atoms with Gasteiger partial charge in [0.1, 0.15) is 24.4 Å². The summed E-state index contributed by atoms with van der Waals surface area (Å²) in [5.41, 5.74) is 0. The van der Waals surface area contributed by atoms with E-state index in [2.05, 4.69) is 19.2 Å². The van der Waals surface area contributed by atoms with Crippen LogP contribution in [-0.2, 0) is 14.3 Å². The summed E-state index contributed by atoms with van der Waals surface area (Å²) in [5, 5.41) is 53.2. The van der Waals surface area contributed by atoms with Crippen molar-refractivity contribution in [3.8, 4) is 0 Å². The summed E-state index contributed by atoms with van der Waals surface area (Å²) in [5.74, 6) is -0.164. The number of ether oxygens (including phenoxy) is 2. The lowest BCUT2D eigenvalue weighted by atomic mass is 9.99. The SMILES string of the molecule is CCCCCCCCCC(O)C(COC1OC(CO)C(O)C(O)C1O)NC(=O)CCCCCCC. The molecule has 35 heavy (non-hydrogen) atoms. The van der Waals surface area contributed by atoms with E-state index in [1.165, 1.54) is 25.7 Å². The van der Waals surface area contributed by atoms with Crippen LogP contribution in [0.4, 0.5) is 0 Å². The number of carbonyl (C=O) groups excluding carboxylic acids is 1. The van der Waals surface area contributed by atoms with Gasteiger partial charge >= 0.3 is 0 Å². The molecule has 0 radical (unpaired) electrons. The maximum Gasteiger partial charge on any atom is 0.220 e. The third-order valence-electron chi connectivity index (χ3n) is 6.71. The van der Waals surface area contributed by atoms with Crippen molar-refractivity contribution in [1.82, 2.24) is 5.32 Å². The number of aliphatic hydroxyl groups is 5. The first-order valence-corrected chi connectivity index (χ1v) is 13.7. The predicted molar refractivity (Wildman–Crippen MR) is 134 cm³/mol. The minimum atomic E-state index is -1.54. The van der Waals surface area contributed by atoms with E-state index in [9.17, 15) is 30.3 Å². The second-order valence-corrected chi connectivity index (χ2v) is 9.85. The molecule has 0 aromatic carbocycles. The van der Waals surface area contributed by atoms with E-state index < -0.39 is 49.5 Å². The van der Waals surface area contributed by atoms with Gasteiger partial charge in [-0.1, -0.05) is 84.5 Å². The second kappa shape index (κ2) is 19.3. The van der Waals surface area contributed by atoms with Crippen LogP contribution in [0.25, 0.3) is 0 Å². The molecule has 1 saturated heterocycles. The fourth-order valence-corrected chi connectivity index (χ4v) is 4.33. The average Bonchev–Trinajstić information content (AvgIpc) is 2.85. The van der Waals surface area contributed by atoms with E-state index in [0.29, 0.717) is 12.8 Å². The van der Waals surface area contributed by atoms with Crippen LogP contribution in [0.3, 0.4) is 0 Å². The van der Waals surface area contributed by atoms with Gasteiger partial charge in [0.2, 0.25) is 5.91 Å². The zero-order chi connectivity index (χ0) is 26.1. The molecule has 6 N–H and O–H groups in total. The molecule has 1 fully saturated rings. The van der Waals surface area contributed by atoms with E-state index in [4.69, 9.17) is 9.47 Å². The lowest BCUT2D eigenvalue weighted by molar-refractivity contribution is -0.302. The molecule has 0 bridgehead atoms. The highest BCUT2D eigenvalue weighted by Crippen LogP contribution is 2.22. The number of hydrogen-bond acceptors (Lipinski definition) is 8. The van der Waals surface area contributed by atoms with Crippen LogP contribution in [0.5, 0.6) is 0 Å². The van der Waals surface area contributed by atoms with Gasteiger partial charge in [-0.3, -0.25) is 4.79 Å². The first-order chi connectivity index (χ1) is 16.8. The lowest BCUT2D eigenvalue weighted by Crippen LogP contribution is -2.60. The summed E-state index contributed by atoms with van der Waals surface area (Å²) >= 11 is 0. The molecule has 9 heteroatoms. The minimum Gasteiger partial charge on any atom is -0.394 e. The Kier molecular flexibility index (Phi) is 17.8. The smallest absolute Gasteiger partial charge is 0.220 e. The van der Waals surface area contributed by atoms with Crippen LogP contribution < -0.4 is 5.32 Å². The Hall–Kier alpha value is -0.810. The van der Waals surface area contributed by atoms with Crippen molar-refractivity contribution >= 4 is 5.91 Å². The van der Waals surface area contributed by atoms with E-state index in [-0.39, 0.29) is 12.5 Å². The van der Waals surface area contributed by atoms with Gasteiger partial charge in [0.25, 0.3) is 0 Å². The van der Waals surface area contributed by atoms with Gasteiger partial charge in [-0.15, -0.1) is 0 Å². The molecule has 0 aromatic rings. The highest BCUT2D eigenvalue weighted by atomic mass is 16.7. The lowest BCUT2D eigenvalue weighted by Gasteiger charge is -2.40. The van der Waals surface area contributed by atoms with Crippen LogP contribution in [0, 0.1) is 0 Å². The van der Waals surface area contributed by atoms with Gasteiger partial charge in [-0.2, -0.15) is 0 Å². The summed E-state index contributed by atoms with van der Waals surface area (Å²) in [7, 11) is 0. The molecule has 7 atom stereocenters. The van der Waals surface area contributed by atoms with Crippen molar-refractivity contribution < 1.29 is 39.8 Å². The van der Waals surface area contributed by atoms with Crippen LogP contribution in [0.2, 0.25) is 0 Å². The Morgan fingerprint density at radius 3 is 2.03 bits per heavy atom. The Balaban J connectivity index is 2.60. The Labute approximate surface area is 211 Å². The summed E-state index contributed by atoms with van der Waals surface area (Å²) in [6, 6.07) is -0.703. The standard InChI is InChI=1S/C26H51NO8/c1-3-5-7-9-10-12-13-15-20(29)19(27-22(30)16-14-11-8-6-4-2)18-34-26-25(33)24(32)23(31)21(17-28)35-26/h19-21,23-26,28-29,31-33H,3-18H2,1-2H3,(H,27,30). The maximum atomic E-state index is 12.5. The van der Waals surface area contributed by atoms with Gasteiger partial charge in [0, 0.05) is 6.42 Å². The Morgan fingerprint density at radius 2 is 1.43 bits per heavy atom. The van der Waals surface area contributed by atoms with E-state index in [1.807, 2.05) is 0 Å². The molecule has 1 aliphatic heterocycles. The third kappa shape index (κ3) is 12.8. The molecule has 0 aliphatic carbocycles.